The number of benzene rings is 2. The Bertz CT molecular complexity index is 1410. The van der Waals surface area contributed by atoms with Crippen LogP contribution in [0.5, 0.6) is 5.75 Å². The van der Waals surface area contributed by atoms with Crippen LogP contribution in [0.15, 0.2) is 52.1 Å². The molecule has 0 saturated heterocycles. The maximum atomic E-state index is 14.6. The number of carbonyl (C=O) groups is 1. The Labute approximate surface area is 217 Å². The smallest absolute Gasteiger partial charge is 0.354 e. The van der Waals surface area contributed by atoms with Gasteiger partial charge in [-0.3, -0.25) is 9.36 Å². The second-order valence-corrected chi connectivity index (χ2v) is 9.67. The molecule has 1 heterocycles. The Morgan fingerprint density at radius 3 is 2.46 bits per heavy atom. The molecular weight excluding hydrogens is 503 g/mol. The minimum absolute atomic E-state index is 0.0506. The second-order valence-electron chi connectivity index (χ2n) is 9.24. The van der Waals surface area contributed by atoms with Gasteiger partial charge >= 0.3 is 17.3 Å². The van der Waals surface area contributed by atoms with Gasteiger partial charge in [-0.15, -0.1) is 0 Å². The zero-order chi connectivity index (χ0) is 26.7. The van der Waals surface area contributed by atoms with Crippen LogP contribution in [-0.2, 0) is 22.6 Å². The predicted octanol–water partition coefficient (Wildman–Crippen LogP) is 4.12. The van der Waals surface area contributed by atoms with E-state index in [1.807, 2.05) is 0 Å². The van der Waals surface area contributed by atoms with E-state index in [9.17, 15) is 18.8 Å². The lowest BCUT2D eigenvalue weighted by Crippen LogP contribution is -2.45. The number of nitrogens with one attached hydrogen (secondary N) is 1. The number of aromatic nitrogens is 3. The van der Waals surface area contributed by atoms with Gasteiger partial charge in [-0.25, -0.2) is 18.5 Å². The lowest BCUT2D eigenvalue weighted by molar-refractivity contribution is -0.150. The molecule has 1 N–H and O–H groups in total. The van der Waals surface area contributed by atoms with Crippen LogP contribution in [0.4, 0.5) is 16.0 Å². The van der Waals surface area contributed by atoms with Crippen LogP contribution in [0.3, 0.4) is 0 Å². The highest BCUT2D eigenvalue weighted by atomic mass is 35.5. The van der Waals surface area contributed by atoms with Gasteiger partial charge in [0.15, 0.2) is 11.6 Å². The molecule has 1 aliphatic rings. The Morgan fingerprint density at radius 1 is 1.16 bits per heavy atom. The van der Waals surface area contributed by atoms with Crippen molar-refractivity contribution in [2.24, 2.45) is 5.41 Å². The van der Waals surface area contributed by atoms with Gasteiger partial charge in [0.25, 0.3) is 0 Å². The molecule has 0 radical (unpaired) electrons. The van der Waals surface area contributed by atoms with Crippen molar-refractivity contribution < 1.29 is 18.7 Å². The van der Waals surface area contributed by atoms with Crippen LogP contribution in [0.25, 0.3) is 0 Å². The zero-order valence-electron chi connectivity index (χ0n) is 20.8. The molecule has 1 aromatic heterocycles. The first-order valence-electron chi connectivity index (χ1n) is 12.0. The molecule has 0 spiro atoms. The van der Waals surface area contributed by atoms with Crippen molar-refractivity contribution in [3.63, 3.8) is 0 Å². The number of carbonyl (C=O) groups excluding carboxylic acids is 1. The van der Waals surface area contributed by atoms with Gasteiger partial charge in [0.05, 0.1) is 24.7 Å². The molecule has 0 atom stereocenters. The average molecular weight is 531 g/mol. The van der Waals surface area contributed by atoms with Crippen molar-refractivity contribution in [3.8, 4) is 5.75 Å². The van der Waals surface area contributed by atoms with E-state index in [0.717, 1.165) is 10.1 Å². The highest BCUT2D eigenvalue weighted by molar-refractivity contribution is 6.30. The number of halogens is 2. The molecule has 9 nitrogen and oxygen atoms in total. The van der Waals surface area contributed by atoms with E-state index in [0.29, 0.717) is 17.9 Å². The molecule has 1 saturated carbocycles. The average Bonchev–Trinajstić information content (AvgIpc) is 3.63. The summed E-state index contributed by atoms with van der Waals surface area (Å²) in [6.07, 6.45) is 0.814. The molecule has 0 unspecified atom stereocenters. The molecule has 4 rings (SSSR count). The molecule has 37 heavy (non-hydrogen) atoms. The Morgan fingerprint density at radius 2 is 1.86 bits per heavy atom. The third kappa shape index (κ3) is 6.02. The standard InChI is InChI=1S/C26H28ClFN4O5/c1-4-36-22(33)26(11-12-26)15-32-24(34)30-23(29-19-9-10-21(20(28)13-19)37-16(2)3)31(25(32)35)14-17-5-7-18(27)8-6-17/h5-10,13,16H,4,11-12,14-15H2,1-3H3,(H,29,30,34). The molecule has 196 valence electrons. The maximum Gasteiger partial charge on any atom is 0.354 e. The highest BCUT2D eigenvalue weighted by Gasteiger charge is 2.52. The fourth-order valence-corrected chi connectivity index (χ4v) is 4.02. The number of ether oxygens (including phenoxy) is 2. The minimum Gasteiger partial charge on any atom is -0.488 e. The summed E-state index contributed by atoms with van der Waals surface area (Å²) in [6, 6.07) is 11.1. The van der Waals surface area contributed by atoms with Crippen molar-refractivity contribution >= 4 is 29.2 Å². The topological polar surface area (TPSA) is 104 Å². The summed E-state index contributed by atoms with van der Waals surface area (Å²) >= 11 is 6.00. The molecule has 11 heteroatoms. The first-order valence-corrected chi connectivity index (χ1v) is 12.4. The van der Waals surface area contributed by atoms with Gasteiger partial charge in [-0.2, -0.15) is 4.98 Å². The number of hydrogen-bond donors (Lipinski definition) is 1. The fraction of sp³-hybridized carbons (Fsp3) is 0.385. The fourth-order valence-electron chi connectivity index (χ4n) is 3.90. The predicted molar refractivity (Wildman–Crippen MR) is 137 cm³/mol. The van der Waals surface area contributed by atoms with Gasteiger partial charge in [0.1, 0.15) is 0 Å². The summed E-state index contributed by atoms with van der Waals surface area (Å²) < 4.78 is 27.4. The van der Waals surface area contributed by atoms with Gasteiger partial charge in [-0.05, 0) is 63.4 Å². The monoisotopic (exact) mass is 530 g/mol. The van der Waals surface area contributed by atoms with Crippen LogP contribution in [0.1, 0.15) is 39.2 Å². The van der Waals surface area contributed by atoms with Crippen LogP contribution >= 0.6 is 11.6 Å². The van der Waals surface area contributed by atoms with Crippen molar-refractivity contribution in [2.45, 2.75) is 52.8 Å². The number of esters is 1. The molecule has 2 aromatic carbocycles. The van der Waals surface area contributed by atoms with Gasteiger partial charge in [-0.1, -0.05) is 23.7 Å². The summed E-state index contributed by atoms with van der Waals surface area (Å²) in [5.74, 6) is -1.04. The normalized spacial score (nSPS) is 13.9. The van der Waals surface area contributed by atoms with Crippen molar-refractivity contribution in [3.05, 3.63) is 79.8 Å². The van der Waals surface area contributed by atoms with Crippen molar-refractivity contribution in [2.75, 3.05) is 11.9 Å². The van der Waals surface area contributed by atoms with E-state index in [1.54, 1.807) is 51.1 Å². The van der Waals surface area contributed by atoms with Gasteiger partial charge in [0.2, 0.25) is 5.95 Å². The summed E-state index contributed by atoms with van der Waals surface area (Å²) in [7, 11) is 0. The first kappa shape index (κ1) is 26.4. The SMILES string of the molecule is CCOC(=O)C1(Cn2c(=O)nc(Nc3ccc(OC(C)C)c(F)c3)n(Cc3ccc(Cl)cc3)c2=O)CC1. The maximum absolute atomic E-state index is 14.6. The lowest BCUT2D eigenvalue weighted by atomic mass is 10.1. The largest absolute Gasteiger partial charge is 0.488 e. The number of anilines is 2. The molecule has 3 aromatic rings. The second kappa shape index (κ2) is 10.8. The Kier molecular flexibility index (Phi) is 7.68. The number of hydrogen-bond acceptors (Lipinski definition) is 7. The number of nitrogens with zero attached hydrogens (tertiary/aromatic N) is 3. The van der Waals surface area contributed by atoms with Crippen LogP contribution in [0.2, 0.25) is 5.02 Å². The minimum atomic E-state index is -0.914. The Balaban J connectivity index is 1.73. The Hall–Kier alpha value is -3.66. The number of rotatable bonds is 10. The molecule has 0 aliphatic heterocycles. The van der Waals surface area contributed by atoms with Crippen LogP contribution < -0.4 is 21.4 Å². The summed E-state index contributed by atoms with van der Waals surface area (Å²) in [6.45, 7) is 5.39. The van der Waals surface area contributed by atoms with Gasteiger partial charge < -0.3 is 14.8 Å². The van der Waals surface area contributed by atoms with Crippen LogP contribution in [-0.4, -0.2) is 32.8 Å². The molecule has 1 fully saturated rings. The molecule has 1 aliphatic carbocycles. The highest BCUT2D eigenvalue weighted by Crippen LogP contribution is 2.47. The van der Waals surface area contributed by atoms with E-state index in [4.69, 9.17) is 21.1 Å². The first-order chi connectivity index (χ1) is 17.6. The molecule has 0 amide bonds. The van der Waals surface area contributed by atoms with Crippen molar-refractivity contribution in [1.82, 2.24) is 14.1 Å². The van der Waals surface area contributed by atoms with Crippen molar-refractivity contribution in [1.29, 1.82) is 0 Å². The van der Waals surface area contributed by atoms with Gasteiger partial charge in [0, 0.05) is 23.3 Å². The summed E-state index contributed by atoms with van der Waals surface area (Å²) in [4.78, 5) is 43.1. The summed E-state index contributed by atoms with van der Waals surface area (Å²) in [5.41, 5.74) is -1.40. The van der Waals surface area contributed by atoms with Crippen LogP contribution in [0, 0.1) is 11.2 Å². The lowest BCUT2D eigenvalue weighted by Gasteiger charge is -2.19. The third-order valence-electron chi connectivity index (χ3n) is 5.98. The quantitative estimate of drug-likeness (QED) is 0.393. The van der Waals surface area contributed by atoms with E-state index < -0.39 is 28.6 Å². The summed E-state index contributed by atoms with van der Waals surface area (Å²) in [5, 5.41) is 3.41. The van der Waals surface area contributed by atoms with E-state index in [2.05, 4.69) is 10.3 Å². The third-order valence-corrected chi connectivity index (χ3v) is 6.23. The zero-order valence-corrected chi connectivity index (χ0v) is 21.5. The van der Waals surface area contributed by atoms with E-state index in [-0.39, 0.29) is 43.2 Å². The van der Waals surface area contributed by atoms with E-state index in [1.165, 1.54) is 16.7 Å². The van der Waals surface area contributed by atoms with E-state index >= 15 is 0 Å². The molecular formula is C26H28ClFN4O5. The molecule has 0 bridgehead atoms.